The molecule has 3 unspecified atom stereocenters. The molecule has 16 heavy (non-hydrogen) atoms. The van der Waals surface area contributed by atoms with E-state index in [0.717, 1.165) is 19.5 Å². The number of thiophene rings is 1. The molecule has 0 aromatic carbocycles. The molecule has 0 aliphatic carbocycles. The summed E-state index contributed by atoms with van der Waals surface area (Å²) in [6.45, 7) is 6.87. The highest BCUT2D eigenvalue weighted by atomic mass is 32.1. The molecule has 3 atom stereocenters. The molecule has 2 nitrogen and oxygen atoms in total. The SMILES string of the molecule is CCC1CN(C(C)c2ccsc2)CCC1N. The smallest absolute Gasteiger partial charge is 0.0328 e. The first-order valence-corrected chi connectivity index (χ1v) is 7.18. The summed E-state index contributed by atoms with van der Waals surface area (Å²) in [5.41, 5.74) is 7.60. The molecule has 1 aromatic rings. The molecule has 0 amide bonds. The van der Waals surface area contributed by atoms with E-state index in [0.29, 0.717) is 18.0 Å². The molecule has 1 aromatic heterocycles. The summed E-state index contributed by atoms with van der Waals surface area (Å²) < 4.78 is 0. The van der Waals surface area contributed by atoms with Gasteiger partial charge in [-0.15, -0.1) is 0 Å². The normalized spacial score (nSPS) is 29.2. The van der Waals surface area contributed by atoms with Gasteiger partial charge in [-0.3, -0.25) is 4.90 Å². The monoisotopic (exact) mass is 238 g/mol. The van der Waals surface area contributed by atoms with Gasteiger partial charge in [0, 0.05) is 25.2 Å². The fraction of sp³-hybridized carbons (Fsp3) is 0.692. The van der Waals surface area contributed by atoms with Gasteiger partial charge < -0.3 is 5.73 Å². The second-order valence-corrected chi connectivity index (χ2v) is 5.63. The number of rotatable bonds is 3. The van der Waals surface area contributed by atoms with Crippen LogP contribution in [-0.2, 0) is 0 Å². The van der Waals surface area contributed by atoms with Crippen LogP contribution in [0.5, 0.6) is 0 Å². The molecule has 2 N–H and O–H groups in total. The zero-order valence-electron chi connectivity index (χ0n) is 10.2. The van der Waals surface area contributed by atoms with Gasteiger partial charge in [0.1, 0.15) is 0 Å². The third-order valence-electron chi connectivity index (χ3n) is 3.92. The minimum Gasteiger partial charge on any atom is -0.327 e. The van der Waals surface area contributed by atoms with Gasteiger partial charge >= 0.3 is 0 Å². The van der Waals surface area contributed by atoms with E-state index in [1.54, 1.807) is 11.3 Å². The molecule has 1 aliphatic rings. The van der Waals surface area contributed by atoms with Crippen LogP contribution < -0.4 is 5.73 Å². The zero-order chi connectivity index (χ0) is 11.5. The molecule has 0 bridgehead atoms. The van der Waals surface area contributed by atoms with Crippen LogP contribution in [0.3, 0.4) is 0 Å². The predicted molar refractivity (Wildman–Crippen MR) is 70.7 cm³/mol. The first-order chi connectivity index (χ1) is 7.72. The van der Waals surface area contributed by atoms with Crippen molar-refractivity contribution in [3.05, 3.63) is 22.4 Å². The quantitative estimate of drug-likeness (QED) is 0.877. The predicted octanol–water partition coefficient (Wildman–Crippen LogP) is 2.87. The van der Waals surface area contributed by atoms with Crippen molar-refractivity contribution in [3.8, 4) is 0 Å². The Kier molecular flexibility index (Phi) is 4.00. The number of hydrogen-bond acceptors (Lipinski definition) is 3. The standard InChI is InChI=1S/C13H22N2S/c1-3-11-8-15(6-4-13(11)14)10(2)12-5-7-16-9-12/h5,7,9-11,13H,3-4,6,8,14H2,1-2H3. The average Bonchev–Trinajstić information content (AvgIpc) is 2.82. The Hall–Kier alpha value is -0.380. The van der Waals surface area contributed by atoms with Crippen LogP contribution in [0.4, 0.5) is 0 Å². The Morgan fingerprint density at radius 2 is 2.44 bits per heavy atom. The zero-order valence-corrected chi connectivity index (χ0v) is 11.0. The summed E-state index contributed by atoms with van der Waals surface area (Å²) in [5.74, 6) is 0.676. The molecule has 1 saturated heterocycles. The third kappa shape index (κ3) is 2.47. The van der Waals surface area contributed by atoms with Gasteiger partial charge in [-0.25, -0.2) is 0 Å². The lowest BCUT2D eigenvalue weighted by Crippen LogP contribution is -2.47. The summed E-state index contributed by atoms with van der Waals surface area (Å²) in [7, 11) is 0. The van der Waals surface area contributed by atoms with Gasteiger partial charge in [-0.1, -0.05) is 13.3 Å². The van der Waals surface area contributed by atoms with E-state index in [2.05, 4.69) is 35.6 Å². The second kappa shape index (κ2) is 5.30. The van der Waals surface area contributed by atoms with Crippen LogP contribution in [0.1, 0.15) is 38.3 Å². The van der Waals surface area contributed by atoms with Crippen molar-refractivity contribution >= 4 is 11.3 Å². The molecule has 0 saturated carbocycles. The molecule has 1 aliphatic heterocycles. The van der Waals surface area contributed by atoms with Gasteiger partial charge in [0.05, 0.1) is 0 Å². The van der Waals surface area contributed by atoms with Gasteiger partial charge in [-0.05, 0) is 41.7 Å². The largest absolute Gasteiger partial charge is 0.327 e. The maximum atomic E-state index is 6.15. The topological polar surface area (TPSA) is 29.3 Å². The average molecular weight is 238 g/mol. The highest BCUT2D eigenvalue weighted by molar-refractivity contribution is 7.07. The molecule has 2 heterocycles. The summed E-state index contributed by atoms with van der Waals surface area (Å²) >= 11 is 1.79. The minimum absolute atomic E-state index is 0.413. The molecule has 0 radical (unpaired) electrons. The van der Waals surface area contributed by atoms with E-state index in [1.807, 2.05) is 0 Å². The summed E-state index contributed by atoms with van der Waals surface area (Å²) in [6.07, 6.45) is 2.35. The molecule has 2 rings (SSSR count). The lowest BCUT2D eigenvalue weighted by Gasteiger charge is -2.39. The number of piperidine rings is 1. The van der Waals surface area contributed by atoms with Gasteiger partial charge in [0.15, 0.2) is 0 Å². The van der Waals surface area contributed by atoms with Crippen molar-refractivity contribution in [2.24, 2.45) is 11.7 Å². The van der Waals surface area contributed by atoms with Crippen LogP contribution in [0.25, 0.3) is 0 Å². The van der Waals surface area contributed by atoms with Crippen molar-refractivity contribution in [2.75, 3.05) is 13.1 Å². The summed E-state index contributed by atoms with van der Waals surface area (Å²) in [5, 5.41) is 4.43. The van der Waals surface area contributed by atoms with E-state index >= 15 is 0 Å². The first-order valence-electron chi connectivity index (χ1n) is 6.24. The van der Waals surface area contributed by atoms with Crippen molar-refractivity contribution in [1.82, 2.24) is 4.90 Å². The lowest BCUT2D eigenvalue weighted by atomic mass is 9.89. The van der Waals surface area contributed by atoms with Crippen molar-refractivity contribution in [3.63, 3.8) is 0 Å². The van der Waals surface area contributed by atoms with Gasteiger partial charge in [0.25, 0.3) is 0 Å². The highest BCUT2D eigenvalue weighted by Gasteiger charge is 2.28. The van der Waals surface area contributed by atoms with Crippen LogP contribution in [0, 0.1) is 5.92 Å². The Bertz CT molecular complexity index is 310. The molecular weight excluding hydrogens is 216 g/mol. The lowest BCUT2D eigenvalue weighted by molar-refractivity contribution is 0.114. The van der Waals surface area contributed by atoms with Crippen LogP contribution in [0.2, 0.25) is 0 Å². The van der Waals surface area contributed by atoms with Crippen molar-refractivity contribution in [1.29, 1.82) is 0 Å². The van der Waals surface area contributed by atoms with Crippen LogP contribution >= 0.6 is 11.3 Å². The Balaban J connectivity index is 2.00. The number of likely N-dealkylation sites (tertiary alicyclic amines) is 1. The Labute approximate surface area is 102 Å². The third-order valence-corrected chi connectivity index (χ3v) is 4.62. The minimum atomic E-state index is 0.413. The van der Waals surface area contributed by atoms with Crippen LogP contribution in [0.15, 0.2) is 16.8 Å². The first kappa shape index (κ1) is 12.1. The van der Waals surface area contributed by atoms with E-state index in [4.69, 9.17) is 5.73 Å². The maximum absolute atomic E-state index is 6.15. The summed E-state index contributed by atoms with van der Waals surface area (Å²) in [6, 6.07) is 3.20. The molecule has 1 fully saturated rings. The summed E-state index contributed by atoms with van der Waals surface area (Å²) in [4.78, 5) is 2.58. The fourth-order valence-electron chi connectivity index (χ4n) is 2.59. The Morgan fingerprint density at radius 3 is 3.06 bits per heavy atom. The number of hydrogen-bond donors (Lipinski definition) is 1. The van der Waals surface area contributed by atoms with E-state index in [1.165, 1.54) is 12.0 Å². The molecule has 3 heteroatoms. The van der Waals surface area contributed by atoms with E-state index in [-0.39, 0.29) is 0 Å². The van der Waals surface area contributed by atoms with Gasteiger partial charge in [-0.2, -0.15) is 11.3 Å². The van der Waals surface area contributed by atoms with Crippen molar-refractivity contribution in [2.45, 2.75) is 38.8 Å². The Morgan fingerprint density at radius 1 is 1.62 bits per heavy atom. The molecule has 0 spiro atoms. The van der Waals surface area contributed by atoms with E-state index in [9.17, 15) is 0 Å². The second-order valence-electron chi connectivity index (χ2n) is 4.85. The van der Waals surface area contributed by atoms with E-state index < -0.39 is 0 Å². The molecule has 90 valence electrons. The van der Waals surface area contributed by atoms with Crippen LogP contribution in [-0.4, -0.2) is 24.0 Å². The maximum Gasteiger partial charge on any atom is 0.0328 e. The highest BCUT2D eigenvalue weighted by Crippen LogP contribution is 2.28. The number of nitrogens with zero attached hydrogens (tertiary/aromatic N) is 1. The van der Waals surface area contributed by atoms with Crippen molar-refractivity contribution < 1.29 is 0 Å². The van der Waals surface area contributed by atoms with Gasteiger partial charge in [0.2, 0.25) is 0 Å². The number of nitrogens with two attached hydrogens (primary N) is 1. The fourth-order valence-corrected chi connectivity index (χ4v) is 3.33. The molecular formula is C13H22N2S.